The van der Waals surface area contributed by atoms with Crippen LogP contribution in [0.1, 0.15) is 71.3 Å². The maximum absolute atomic E-state index is 13.2. The van der Waals surface area contributed by atoms with Gasteiger partial charge in [0.1, 0.15) is 17.7 Å². The lowest BCUT2D eigenvalue weighted by Gasteiger charge is -2.23. The largest absolute Gasteiger partial charge is 0.467 e. The van der Waals surface area contributed by atoms with Gasteiger partial charge in [0.2, 0.25) is 11.8 Å². The molecule has 3 N–H and O–H groups in total. The highest BCUT2D eigenvalue weighted by Gasteiger charge is 2.29. The third kappa shape index (κ3) is 20.1. The van der Waals surface area contributed by atoms with E-state index in [4.69, 9.17) is 14.2 Å². The summed E-state index contributed by atoms with van der Waals surface area (Å²) in [6.45, 7) is 12.3. The van der Waals surface area contributed by atoms with Gasteiger partial charge in [-0.3, -0.25) is 14.4 Å². The van der Waals surface area contributed by atoms with Crippen LogP contribution in [0.25, 0.3) is 0 Å². The summed E-state index contributed by atoms with van der Waals surface area (Å²) in [7, 11) is -0.216. The maximum Gasteiger partial charge on any atom is 0.407 e. The minimum absolute atomic E-state index is 0.0334. The molecule has 0 saturated carbocycles. The van der Waals surface area contributed by atoms with E-state index in [9.17, 15) is 24.0 Å². The molecule has 0 aromatic heterocycles. The summed E-state index contributed by atoms with van der Waals surface area (Å²) >= 11 is 2.26. The van der Waals surface area contributed by atoms with Gasteiger partial charge < -0.3 is 30.2 Å². The van der Waals surface area contributed by atoms with Crippen LogP contribution in [0.5, 0.6) is 0 Å². The number of nitrogens with one attached hydrogen (secondary N) is 3. The van der Waals surface area contributed by atoms with Gasteiger partial charge in [-0.1, -0.05) is 31.8 Å². The molecule has 0 heterocycles. The molecular weight excluding hydrogens is 709 g/mol. The molecule has 0 unspecified atom stereocenters. The molecule has 1 aromatic rings. The smallest absolute Gasteiger partial charge is 0.407 e. The Labute approximate surface area is 282 Å². The van der Waals surface area contributed by atoms with Crippen LogP contribution in [0.2, 0.25) is 25.7 Å². The number of alkyl carbamates (subject to hydrolysis) is 1. The Morgan fingerprint density at radius 2 is 1.56 bits per heavy atom. The number of rotatable bonds is 19. The number of benzene rings is 1. The van der Waals surface area contributed by atoms with E-state index in [-0.39, 0.29) is 31.8 Å². The number of halogens is 1. The molecule has 0 radical (unpaired) electrons. The molecular formula is C32H52IN3O8Si. The van der Waals surface area contributed by atoms with Crippen LogP contribution >= 0.6 is 22.6 Å². The minimum Gasteiger partial charge on any atom is -0.467 e. The zero-order chi connectivity index (χ0) is 34.0. The molecule has 2 atom stereocenters. The van der Waals surface area contributed by atoms with E-state index in [0.717, 1.165) is 18.9 Å². The Morgan fingerprint density at radius 1 is 0.889 bits per heavy atom. The van der Waals surface area contributed by atoms with Crippen molar-refractivity contribution in [1.29, 1.82) is 0 Å². The highest BCUT2D eigenvalue weighted by molar-refractivity contribution is 14.1. The summed E-state index contributed by atoms with van der Waals surface area (Å²) in [4.78, 5) is 62.8. The number of amides is 3. The molecule has 1 aromatic carbocycles. The van der Waals surface area contributed by atoms with Crippen LogP contribution in [-0.2, 0) is 39.8 Å². The summed E-state index contributed by atoms with van der Waals surface area (Å²) in [5.74, 6) is -1.83. The van der Waals surface area contributed by atoms with Crippen molar-refractivity contribution in [2.75, 3.05) is 20.3 Å². The van der Waals surface area contributed by atoms with Crippen molar-refractivity contribution in [2.24, 2.45) is 0 Å². The Balaban J connectivity index is 2.64. The highest BCUT2D eigenvalue weighted by Crippen LogP contribution is 2.13. The zero-order valence-corrected chi connectivity index (χ0v) is 31.0. The lowest BCUT2D eigenvalue weighted by Crippen LogP contribution is -2.52. The number of aryl methyl sites for hydroxylation is 1. The number of carbonyl (C=O) groups excluding carboxylic acids is 5. The second-order valence-corrected chi connectivity index (χ2v) is 20.0. The third-order valence-electron chi connectivity index (χ3n) is 6.58. The summed E-state index contributed by atoms with van der Waals surface area (Å²) in [6, 6.07) is 6.87. The van der Waals surface area contributed by atoms with E-state index in [1.165, 1.54) is 16.2 Å². The fourth-order valence-electron chi connectivity index (χ4n) is 4.11. The molecule has 45 heavy (non-hydrogen) atoms. The van der Waals surface area contributed by atoms with Crippen LogP contribution < -0.4 is 16.0 Å². The number of hydrogen-bond acceptors (Lipinski definition) is 8. The number of ether oxygens (including phenoxy) is 3. The Bertz CT molecular complexity index is 1100. The number of carbonyl (C=O) groups is 5. The first-order valence-corrected chi connectivity index (χ1v) is 20.3. The molecule has 0 aliphatic heterocycles. The molecule has 0 aliphatic rings. The average molecular weight is 762 g/mol. The van der Waals surface area contributed by atoms with Crippen LogP contribution in [0.4, 0.5) is 4.79 Å². The lowest BCUT2D eigenvalue weighted by atomic mass is 10.1. The van der Waals surface area contributed by atoms with Gasteiger partial charge in [-0.15, -0.1) is 0 Å². The van der Waals surface area contributed by atoms with Crippen molar-refractivity contribution >= 4 is 60.5 Å². The van der Waals surface area contributed by atoms with E-state index < -0.39 is 49.7 Å². The molecule has 0 bridgehead atoms. The third-order valence-corrected chi connectivity index (χ3v) is 9.00. The van der Waals surface area contributed by atoms with Crippen molar-refractivity contribution in [3.63, 3.8) is 0 Å². The van der Waals surface area contributed by atoms with Crippen molar-refractivity contribution in [3.05, 3.63) is 33.4 Å². The fraction of sp³-hybridized carbons (Fsp3) is 0.656. The molecule has 0 spiro atoms. The molecule has 1 rings (SSSR count). The van der Waals surface area contributed by atoms with Gasteiger partial charge in [0.25, 0.3) is 0 Å². The topological polar surface area (TPSA) is 149 Å². The highest BCUT2D eigenvalue weighted by atomic mass is 127. The van der Waals surface area contributed by atoms with Crippen LogP contribution in [0.3, 0.4) is 0 Å². The minimum atomic E-state index is -1.44. The summed E-state index contributed by atoms with van der Waals surface area (Å²) in [6.07, 6.45) is 2.43. The zero-order valence-electron chi connectivity index (χ0n) is 27.9. The summed E-state index contributed by atoms with van der Waals surface area (Å²) < 4.78 is 16.7. The number of esters is 2. The maximum atomic E-state index is 13.2. The fourth-order valence-corrected chi connectivity index (χ4v) is 5.19. The second kappa shape index (κ2) is 20.4. The molecule has 0 aliphatic carbocycles. The van der Waals surface area contributed by atoms with Crippen LogP contribution in [0.15, 0.2) is 24.3 Å². The van der Waals surface area contributed by atoms with Gasteiger partial charge >= 0.3 is 18.0 Å². The first-order chi connectivity index (χ1) is 21.0. The predicted octanol–water partition coefficient (Wildman–Crippen LogP) is 5.11. The summed E-state index contributed by atoms with van der Waals surface area (Å²) in [5, 5.41) is 8.09. The van der Waals surface area contributed by atoms with E-state index in [0.29, 0.717) is 25.8 Å². The van der Waals surface area contributed by atoms with Crippen molar-refractivity contribution in [1.82, 2.24) is 16.0 Å². The lowest BCUT2D eigenvalue weighted by molar-refractivity contribution is -0.155. The van der Waals surface area contributed by atoms with Crippen molar-refractivity contribution in [2.45, 2.75) is 116 Å². The Morgan fingerprint density at radius 3 is 2.16 bits per heavy atom. The molecule has 11 nitrogen and oxygen atoms in total. The van der Waals surface area contributed by atoms with E-state index in [1.807, 2.05) is 12.1 Å². The van der Waals surface area contributed by atoms with Gasteiger partial charge in [-0.2, -0.15) is 0 Å². The molecule has 13 heteroatoms. The second-order valence-electron chi connectivity index (χ2n) is 13.2. The first-order valence-electron chi connectivity index (χ1n) is 15.5. The molecule has 0 saturated heterocycles. The van der Waals surface area contributed by atoms with Gasteiger partial charge in [0.15, 0.2) is 0 Å². The first kappa shape index (κ1) is 40.3. The Kier molecular flexibility index (Phi) is 18.3. The SMILES string of the molecule is COC(=O)[C@H](CCCCNC(=O)CCCc1ccc(I)cc1)NC(=O)[C@H](CCC(=O)OC(C)(C)C)NC(=O)OCC[Si](C)(C)C. The monoisotopic (exact) mass is 761 g/mol. The van der Waals surface area contributed by atoms with Gasteiger partial charge in [0.05, 0.1) is 13.7 Å². The number of unbranched alkanes of at least 4 members (excludes halogenated alkanes) is 1. The molecule has 0 fully saturated rings. The van der Waals surface area contributed by atoms with E-state index in [1.54, 1.807) is 20.8 Å². The van der Waals surface area contributed by atoms with Crippen molar-refractivity contribution in [3.8, 4) is 0 Å². The average Bonchev–Trinajstić information content (AvgIpc) is 2.93. The number of methoxy groups -OCH3 is 1. The Hall–Kier alpha value is -2.68. The van der Waals surface area contributed by atoms with Gasteiger partial charge in [-0.05, 0) is 106 Å². The quantitative estimate of drug-likeness (QED) is 0.0579. The molecule has 3 amide bonds. The molecule has 254 valence electrons. The van der Waals surface area contributed by atoms with E-state index >= 15 is 0 Å². The number of hydrogen-bond donors (Lipinski definition) is 3. The standard InChI is InChI=1S/C32H52IN3O8Si/c1-32(2,3)44-28(38)19-18-25(36-31(41)43-21-22-45(5,6)7)29(39)35-26(30(40)42-4)12-8-9-20-34-27(37)13-10-11-23-14-16-24(33)17-15-23/h14-17,25-26H,8-13,18-22H2,1-7H3,(H,34,37)(H,35,39)(H,36,41)/t25-,26-/m0/s1. The normalized spacial score (nSPS) is 12.8. The van der Waals surface area contributed by atoms with Gasteiger partial charge in [-0.25, -0.2) is 9.59 Å². The summed E-state index contributed by atoms with van der Waals surface area (Å²) in [5.41, 5.74) is 0.495. The van der Waals surface area contributed by atoms with E-state index in [2.05, 4.69) is 70.3 Å². The predicted molar refractivity (Wildman–Crippen MR) is 184 cm³/mol. The van der Waals surface area contributed by atoms with Crippen LogP contribution in [0, 0.1) is 3.57 Å². The van der Waals surface area contributed by atoms with Crippen molar-refractivity contribution < 1.29 is 38.2 Å². The van der Waals surface area contributed by atoms with Crippen LogP contribution in [-0.4, -0.2) is 75.9 Å². The van der Waals surface area contributed by atoms with Gasteiger partial charge in [0, 0.05) is 31.0 Å².